The van der Waals surface area contributed by atoms with E-state index < -0.39 is 0 Å². The lowest BCUT2D eigenvalue weighted by Crippen LogP contribution is -2.24. The van der Waals surface area contributed by atoms with Gasteiger partial charge in [-0.15, -0.1) is 11.3 Å². The molecule has 1 aliphatic carbocycles. The lowest BCUT2D eigenvalue weighted by Gasteiger charge is -2.19. The Morgan fingerprint density at radius 2 is 2.04 bits per heavy atom. The van der Waals surface area contributed by atoms with Crippen molar-refractivity contribution in [3.8, 4) is 22.2 Å². The van der Waals surface area contributed by atoms with Crippen molar-refractivity contribution in [3.05, 3.63) is 39.5 Å². The Labute approximate surface area is 150 Å². The predicted octanol–water partition coefficient (Wildman–Crippen LogP) is 3.69. The second-order valence-corrected chi connectivity index (χ2v) is 7.73. The molecule has 2 aliphatic rings. The standard InChI is InChI=1S/C19H20N4OS/c1-11-16(14-6-7-20-8-13(14)9-21-11)18-22-19(24-23-18)17-15-5-3-2-4-12(15)10-25-17/h9-10,20H,2-8H2,1H3. The Kier molecular flexibility index (Phi) is 3.68. The number of nitrogens with one attached hydrogen (secondary N) is 1. The van der Waals surface area contributed by atoms with Crippen molar-refractivity contribution in [2.45, 2.75) is 45.6 Å². The van der Waals surface area contributed by atoms with Crippen molar-refractivity contribution < 1.29 is 4.52 Å². The fourth-order valence-corrected chi connectivity index (χ4v) is 5.06. The fraction of sp³-hybridized carbons (Fsp3) is 0.421. The van der Waals surface area contributed by atoms with E-state index in [0.717, 1.165) is 42.1 Å². The minimum Gasteiger partial charge on any atom is -0.333 e. The van der Waals surface area contributed by atoms with Gasteiger partial charge in [0.25, 0.3) is 5.89 Å². The Balaban J connectivity index is 1.59. The first kappa shape index (κ1) is 15.2. The van der Waals surface area contributed by atoms with Crippen LogP contribution in [0.25, 0.3) is 22.2 Å². The summed E-state index contributed by atoms with van der Waals surface area (Å²) in [5.74, 6) is 1.34. The first-order valence-corrected chi connectivity index (χ1v) is 9.81. The molecule has 1 N–H and O–H groups in total. The van der Waals surface area contributed by atoms with Crippen LogP contribution in [0, 0.1) is 6.92 Å². The van der Waals surface area contributed by atoms with Crippen LogP contribution >= 0.6 is 11.3 Å². The topological polar surface area (TPSA) is 63.8 Å². The minimum atomic E-state index is 0.661. The summed E-state index contributed by atoms with van der Waals surface area (Å²) in [4.78, 5) is 10.5. The van der Waals surface area contributed by atoms with Gasteiger partial charge < -0.3 is 9.84 Å². The highest BCUT2D eigenvalue weighted by molar-refractivity contribution is 7.13. The van der Waals surface area contributed by atoms with Gasteiger partial charge in [0.1, 0.15) is 0 Å². The van der Waals surface area contributed by atoms with E-state index >= 15 is 0 Å². The summed E-state index contributed by atoms with van der Waals surface area (Å²) in [6, 6.07) is 0. The highest BCUT2D eigenvalue weighted by Crippen LogP contribution is 2.37. The SMILES string of the molecule is Cc1ncc2c(c1-c1noc(-c3scc4c3CCCC4)n1)CCNC2. The van der Waals surface area contributed by atoms with Crippen molar-refractivity contribution in [1.29, 1.82) is 0 Å². The van der Waals surface area contributed by atoms with Crippen LogP contribution in [0.5, 0.6) is 0 Å². The summed E-state index contributed by atoms with van der Waals surface area (Å²) >= 11 is 1.74. The van der Waals surface area contributed by atoms with E-state index in [4.69, 9.17) is 9.51 Å². The molecule has 0 fully saturated rings. The molecule has 0 saturated carbocycles. The van der Waals surface area contributed by atoms with Crippen molar-refractivity contribution in [2.24, 2.45) is 0 Å². The quantitative estimate of drug-likeness (QED) is 0.762. The molecule has 5 nitrogen and oxygen atoms in total. The average molecular weight is 352 g/mol. The van der Waals surface area contributed by atoms with Crippen molar-refractivity contribution >= 4 is 11.3 Å². The van der Waals surface area contributed by atoms with Crippen LogP contribution in [0.15, 0.2) is 16.1 Å². The number of pyridine rings is 1. The van der Waals surface area contributed by atoms with E-state index in [9.17, 15) is 0 Å². The Hall–Kier alpha value is -2.05. The smallest absolute Gasteiger partial charge is 0.268 e. The molecule has 3 aromatic heterocycles. The molecule has 0 aromatic carbocycles. The molecule has 3 aromatic rings. The zero-order chi connectivity index (χ0) is 16.8. The van der Waals surface area contributed by atoms with Crippen LogP contribution in [0.4, 0.5) is 0 Å². The normalized spacial score (nSPS) is 16.5. The molecule has 5 rings (SSSR count). The van der Waals surface area contributed by atoms with Crippen molar-refractivity contribution in [2.75, 3.05) is 6.54 Å². The number of aryl methyl sites for hydroxylation is 2. The highest BCUT2D eigenvalue weighted by atomic mass is 32.1. The van der Waals surface area contributed by atoms with Crippen LogP contribution in [0.2, 0.25) is 0 Å². The number of nitrogens with zero attached hydrogens (tertiary/aromatic N) is 3. The van der Waals surface area contributed by atoms with Crippen LogP contribution < -0.4 is 5.32 Å². The molecular weight excluding hydrogens is 332 g/mol. The van der Waals surface area contributed by atoms with E-state index in [2.05, 4.69) is 20.8 Å². The third kappa shape index (κ3) is 2.51. The summed E-state index contributed by atoms with van der Waals surface area (Å²) in [6.45, 7) is 3.87. The molecule has 0 radical (unpaired) electrons. The molecule has 4 heterocycles. The number of thiophene rings is 1. The maximum Gasteiger partial charge on any atom is 0.268 e. The van der Waals surface area contributed by atoms with Crippen LogP contribution in [0.3, 0.4) is 0 Å². The molecule has 0 unspecified atom stereocenters. The molecule has 128 valence electrons. The van der Waals surface area contributed by atoms with E-state index in [1.54, 1.807) is 11.3 Å². The van der Waals surface area contributed by atoms with E-state index in [1.807, 2.05) is 13.1 Å². The van der Waals surface area contributed by atoms with Crippen LogP contribution in [0.1, 0.15) is 40.8 Å². The zero-order valence-electron chi connectivity index (χ0n) is 14.3. The zero-order valence-corrected chi connectivity index (χ0v) is 15.1. The Morgan fingerprint density at radius 3 is 3.00 bits per heavy atom. The molecule has 0 atom stereocenters. The summed E-state index contributed by atoms with van der Waals surface area (Å²) in [5.41, 5.74) is 7.46. The van der Waals surface area contributed by atoms with Crippen molar-refractivity contribution in [3.63, 3.8) is 0 Å². The summed E-state index contributed by atoms with van der Waals surface area (Å²) in [6.07, 6.45) is 7.78. The molecular formula is C19H20N4OS. The van der Waals surface area contributed by atoms with E-state index in [0.29, 0.717) is 11.7 Å². The lowest BCUT2D eigenvalue weighted by atomic mass is 9.94. The maximum absolute atomic E-state index is 5.68. The van der Waals surface area contributed by atoms with E-state index in [1.165, 1.54) is 41.5 Å². The second kappa shape index (κ2) is 6.04. The molecule has 0 amide bonds. The second-order valence-electron chi connectivity index (χ2n) is 6.85. The number of hydrogen-bond acceptors (Lipinski definition) is 6. The van der Waals surface area contributed by atoms with Gasteiger partial charge in [-0.3, -0.25) is 4.98 Å². The van der Waals surface area contributed by atoms with Gasteiger partial charge in [-0.05, 0) is 73.2 Å². The van der Waals surface area contributed by atoms with Gasteiger partial charge in [0.05, 0.1) is 4.88 Å². The van der Waals surface area contributed by atoms with Gasteiger partial charge in [0, 0.05) is 24.0 Å². The monoisotopic (exact) mass is 352 g/mol. The molecule has 1 aliphatic heterocycles. The molecule has 0 saturated heterocycles. The predicted molar refractivity (Wildman–Crippen MR) is 97.6 cm³/mol. The molecule has 6 heteroatoms. The molecule has 0 bridgehead atoms. The lowest BCUT2D eigenvalue weighted by molar-refractivity contribution is 0.432. The van der Waals surface area contributed by atoms with E-state index in [-0.39, 0.29) is 0 Å². The van der Waals surface area contributed by atoms with Gasteiger partial charge in [-0.2, -0.15) is 4.98 Å². The maximum atomic E-state index is 5.68. The number of fused-ring (bicyclic) bond motifs is 2. The molecule has 0 spiro atoms. The van der Waals surface area contributed by atoms with Crippen LogP contribution in [-0.2, 0) is 25.8 Å². The van der Waals surface area contributed by atoms with Gasteiger partial charge in [-0.1, -0.05) is 5.16 Å². The van der Waals surface area contributed by atoms with Crippen LogP contribution in [-0.4, -0.2) is 21.7 Å². The van der Waals surface area contributed by atoms with Gasteiger partial charge in [-0.25, -0.2) is 0 Å². The largest absolute Gasteiger partial charge is 0.333 e. The fourth-order valence-electron chi connectivity index (χ4n) is 3.98. The van der Waals surface area contributed by atoms with Gasteiger partial charge in [0.2, 0.25) is 5.82 Å². The third-order valence-electron chi connectivity index (χ3n) is 5.28. The average Bonchev–Trinajstić information content (AvgIpc) is 3.28. The summed E-state index contributed by atoms with van der Waals surface area (Å²) in [5, 5.41) is 9.98. The van der Waals surface area contributed by atoms with Gasteiger partial charge >= 0.3 is 0 Å². The first-order chi connectivity index (χ1) is 12.3. The van der Waals surface area contributed by atoms with Gasteiger partial charge in [0.15, 0.2) is 0 Å². The number of hydrogen-bond donors (Lipinski definition) is 1. The Bertz CT molecular complexity index is 943. The summed E-state index contributed by atoms with van der Waals surface area (Å²) < 4.78 is 5.68. The number of aromatic nitrogens is 3. The van der Waals surface area contributed by atoms with Crippen molar-refractivity contribution in [1.82, 2.24) is 20.4 Å². The first-order valence-electron chi connectivity index (χ1n) is 8.93. The summed E-state index contributed by atoms with van der Waals surface area (Å²) in [7, 11) is 0. The Morgan fingerprint density at radius 1 is 1.12 bits per heavy atom. The number of rotatable bonds is 2. The highest BCUT2D eigenvalue weighted by Gasteiger charge is 2.24. The minimum absolute atomic E-state index is 0.661. The third-order valence-corrected chi connectivity index (χ3v) is 6.34. The molecule has 25 heavy (non-hydrogen) atoms.